The first kappa shape index (κ1) is 14.6. The molecule has 0 radical (unpaired) electrons. The van der Waals surface area contributed by atoms with Crippen LogP contribution in [0.15, 0.2) is 27.1 Å². The molecular weight excluding hydrogens is 302 g/mol. The molecule has 0 amide bonds. The van der Waals surface area contributed by atoms with Gasteiger partial charge in [0, 0.05) is 10.9 Å². The minimum absolute atomic E-state index is 0.464. The highest BCUT2D eigenvalue weighted by atomic mass is 79.9. The minimum Gasteiger partial charge on any atom is -0.458 e. The smallest absolute Gasteiger partial charge is 0.148 e. The van der Waals surface area contributed by atoms with Gasteiger partial charge in [-0.2, -0.15) is 0 Å². The summed E-state index contributed by atoms with van der Waals surface area (Å²) in [5.41, 5.74) is 2.29. The zero-order valence-electron chi connectivity index (χ0n) is 12.1. The molecule has 2 nitrogen and oxygen atoms in total. The predicted octanol–water partition coefficient (Wildman–Crippen LogP) is 5.06. The Balaban J connectivity index is 2.36. The van der Waals surface area contributed by atoms with E-state index < -0.39 is 0 Å². The van der Waals surface area contributed by atoms with Gasteiger partial charge in [-0.05, 0) is 40.4 Å². The van der Waals surface area contributed by atoms with Crippen LogP contribution >= 0.6 is 15.9 Å². The molecule has 0 aliphatic heterocycles. The van der Waals surface area contributed by atoms with E-state index in [1.54, 1.807) is 0 Å². The molecule has 0 bridgehead atoms. The number of nitrogens with one attached hydrogen (secondary N) is 1. The van der Waals surface area contributed by atoms with Crippen molar-refractivity contribution in [3.63, 3.8) is 0 Å². The molecule has 0 unspecified atom stereocenters. The topological polar surface area (TPSA) is 25.2 Å². The summed E-state index contributed by atoms with van der Waals surface area (Å²) in [6.45, 7) is 10.7. The Morgan fingerprint density at radius 3 is 2.58 bits per heavy atom. The van der Waals surface area contributed by atoms with E-state index in [1.807, 2.05) is 6.07 Å². The largest absolute Gasteiger partial charge is 0.458 e. The molecule has 104 valence electrons. The lowest BCUT2D eigenvalue weighted by Crippen LogP contribution is -2.19. The van der Waals surface area contributed by atoms with E-state index in [1.165, 1.54) is 10.9 Å². The summed E-state index contributed by atoms with van der Waals surface area (Å²) in [7, 11) is 0. The lowest BCUT2D eigenvalue weighted by atomic mass is 9.99. The number of furan rings is 1. The average molecular weight is 324 g/mol. The summed E-state index contributed by atoms with van der Waals surface area (Å²) < 4.78 is 7.09. The minimum atomic E-state index is 0.464. The first-order valence-corrected chi connectivity index (χ1v) is 7.70. The van der Waals surface area contributed by atoms with Gasteiger partial charge in [-0.15, -0.1) is 0 Å². The molecule has 0 saturated carbocycles. The fourth-order valence-corrected chi connectivity index (χ4v) is 2.84. The Bertz CT molecular complexity index is 557. The summed E-state index contributed by atoms with van der Waals surface area (Å²) in [5, 5.41) is 4.70. The van der Waals surface area contributed by atoms with Crippen LogP contribution in [0.1, 0.15) is 44.9 Å². The quantitative estimate of drug-likeness (QED) is 0.831. The van der Waals surface area contributed by atoms with Crippen LogP contribution < -0.4 is 5.32 Å². The van der Waals surface area contributed by atoms with Crippen molar-refractivity contribution < 1.29 is 4.42 Å². The number of fused-ring (bicyclic) bond motifs is 1. The molecule has 2 aromatic rings. The van der Waals surface area contributed by atoms with Crippen molar-refractivity contribution in [2.45, 2.75) is 40.2 Å². The number of halogens is 1. The van der Waals surface area contributed by atoms with Crippen LogP contribution in [0.3, 0.4) is 0 Å². The second-order valence-corrected chi connectivity index (χ2v) is 6.59. The van der Waals surface area contributed by atoms with Gasteiger partial charge in [0.15, 0.2) is 0 Å². The van der Waals surface area contributed by atoms with Gasteiger partial charge in [0.05, 0.1) is 11.0 Å². The van der Waals surface area contributed by atoms with Crippen molar-refractivity contribution in [2.24, 2.45) is 5.92 Å². The standard InChI is InChI=1S/C16H22BrNO/c1-10(2)8-18-9-14-15(11(3)4)12-6-5-7-13(17)16(12)19-14/h5-7,10-11,18H,8-9H2,1-4H3. The van der Waals surface area contributed by atoms with E-state index in [2.05, 4.69) is 61.1 Å². The molecule has 1 aromatic heterocycles. The van der Waals surface area contributed by atoms with Gasteiger partial charge in [-0.1, -0.05) is 39.8 Å². The molecule has 3 heteroatoms. The molecule has 0 spiro atoms. The van der Waals surface area contributed by atoms with Crippen molar-refractivity contribution in [3.8, 4) is 0 Å². The van der Waals surface area contributed by atoms with E-state index >= 15 is 0 Å². The van der Waals surface area contributed by atoms with Crippen LogP contribution in [-0.4, -0.2) is 6.54 Å². The Labute approximate surface area is 123 Å². The van der Waals surface area contributed by atoms with Crippen molar-refractivity contribution in [1.29, 1.82) is 0 Å². The second-order valence-electron chi connectivity index (χ2n) is 5.73. The van der Waals surface area contributed by atoms with Gasteiger partial charge in [0.1, 0.15) is 11.3 Å². The van der Waals surface area contributed by atoms with Crippen molar-refractivity contribution in [1.82, 2.24) is 5.32 Å². The maximum atomic E-state index is 6.06. The normalized spacial score (nSPS) is 11.9. The number of hydrogen-bond donors (Lipinski definition) is 1. The summed E-state index contributed by atoms with van der Waals surface area (Å²) in [6.07, 6.45) is 0. The first-order valence-electron chi connectivity index (χ1n) is 6.91. The fraction of sp³-hybridized carbons (Fsp3) is 0.500. The highest BCUT2D eigenvalue weighted by Gasteiger charge is 2.18. The molecule has 0 fully saturated rings. The monoisotopic (exact) mass is 323 g/mol. The number of para-hydroxylation sites is 1. The zero-order valence-corrected chi connectivity index (χ0v) is 13.7. The molecule has 19 heavy (non-hydrogen) atoms. The van der Waals surface area contributed by atoms with Crippen LogP contribution in [0.2, 0.25) is 0 Å². The number of benzene rings is 1. The van der Waals surface area contributed by atoms with E-state index in [-0.39, 0.29) is 0 Å². The van der Waals surface area contributed by atoms with Gasteiger partial charge < -0.3 is 9.73 Å². The van der Waals surface area contributed by atoms with Gasteiger partial charge >= 0.3 is 0 Å². The second kappa shape index (κ2) is 6.10. The predicted molar refractivity (Wildman–Crippen MR) is 84.5 cm³/mol. The van der Waals surface area contributed by atoms with E-state index in [0.717, 1.165) is 28.9 Å². The number of rotatable bonds is 5. The van der Waals surface area contributed by atoms with Crippen molar-refractivity contribution >= 4 is 26.9 Å². The molecule has 1 aromatic carbocycles. The van der Waals surface area contributed by atoms with Crippen LogP contribution in [0.25, 0.3) is 11.0 Å². The maximum Gasteiger partial charge on any atom is 0.148 e. The van der Waals surface area contributed by atoms with Crippen molar-refractivity contribution in [2.75, 3.05) is 6.54 Å². The molecular formula is C16H22BrNO. The summed E-state index contributed by atoms with van der Waals surface area (Å²) >= 11 is 3.57. The van der Waals surface area contributed by atoms with E-state index in [9.17, 15) is 0 Å². The van der Waals surface area contributed by atoms with Gasteiger partial charge in [-0.3, -0.25) is 0 Å². The Kier molecular flexibility index (Phi) is 4.69. The van der Waals surface area contributed by atoms with Crippen LogP contribution in [0.4, 0.5) is 0 Å². The fourth-order valence-electron chi connectivity index (χ4n) is 2.39. The molecule has 2 rings (SSSR count). The average Bonchev–Trinajstić information content (AvgIpc) is 2.68. The third-order valence-electron chi connectivity index (χ3n) is 3.20. The van der Waals surface area contributed by atoms with Crippen LogP contribution in [0.5, 0.6) is 0 Å². The van der Waals surface area contributed by atoms with Gasteiger partial charge in [0.2, 0.25) is 0 Å². The Morgan fingerprint density at radius 2 is 1.95 bits per heavy atom. The highest BCUT2D eigenvalue weighted by Crippen LogP contribution is 2.35. The molecule has 0 saturated heterocycles. The molecule has 0 aliphatic carbocycles. The van der Waals surface area contributed by atoms with Crippen LogP contribution in [0, 0.1) is 5.92 Å². The lowest BCUT2D eigenvalue weighted by Gasteiger charge is -2.09. The third kappa shape index (κ3) is 3.21. The summed E-state index contributed by atoms with van der Waals surface area (Å²) in [5.74, 6) is 2.18. The lowest BCUT2D eigenvalue weighted by molar-refractivity contribution is 0.478. The van der Waals surface area contributed by atoms with Gasteiger partial charge in [0.25, 0.3) is 0 Å². The highest BCUT2D eigenvalue weighted by molar-refractivity contribution is 9.10. The molecule has 0 atom stereocenters. The maximum absolute atomic E-state index is 6.06. The Morgan fingerprint density at radius 1 is 1.21 bits per heavy atom. The third-order valence-corrected chi connectivity index (χ3v) is 3.82. The molecule has 1 N–H and O–H groups in total. The zero-order chi connectivity index (χ0) is 14.0. The molecule has 1 heterocycles. The number of hydrogen-bond acceptors (Lipinski definition) is 2. The van der Waals surface area contributed by atoms with Crippen molar-refractivity contribution in [3.05, 3.63) is 34.0 Å². The SMILES string of the molecule is CC(C)CNCc1oc2c(Br)cccc2c1C(C)C. The summed E-state index contributed by atoms with van der Waals surface area (Å²) in [6, 6.07) is 6.24. The molecule has 0 aliphatic rings. The van der Waals surface area contributed by atoms with E-state index in [0.29, 0.717) is 11.8 Å². The van der Waals surface area contributed by atoms with E-state index in [4.69, 9.17) is 4.42 Å². The Hall–Kier alpha value is -0.800. The summed E-state index contributed by atoms with van der Waals surface area (Å²) in [4.78, 5) is 0. The van der Waals surface area contributed by atoms with Gasteiger partial charge in [-0.25, -0.2) is 0 Å². The van der Waals surface area contributed by atoms with Crippen LogP contribution in [-0.2, 0) is 6.54 Å². The first-order chi connectivity index (χ1) is 9.00.